The summed E-state index contributed by atoms with van der Waals surface area (Å²) in [4.78, 5) is -0.993. The molecule has 0 saturated heterocycles. The van der Waals surface area contributed by atoms with Crippen LogP contribution in [0.2, 0.25) is 0 Å². The summed E-state index contributed by atoms with van der Waals surface area (Å²) in [5, 5.41) is 14.8. The second-order valence-corrected chi connectivity index (χ2v) is 10.9. The van der Waals surface area contributed by atoms with Crippen LogP contribution in [0.4, 0.5) is 11.4 Å². The Morgan fingerprint density at radius 3 is 1.43 bits per heavy atom. The van der Waals surface area contributed by atoms with Gasteiger partial charge in [-0.05, 0) is 35.4 Å². The maximum Gasteiger partial charge on any atom is 0.295 e. The van der Waals surface area contributed by atoms with Crippen molar-refractivity contribution >= 4 is 55.4 Å². The van der Waals surface area contributed by atoms with Gasteiger partial charge < -0.3 is 22.1 Å². The summed E-state index contributed by atoms with van der Waals surface area (Å²) in [5.74, 6) is 11.7. The van der Waals surface area contributed by atoms with Gasteiger partial charge in [0.25, 0.3) is 20.2 Å². The highest BCUT2D eigenvalue weighted by atomic mass is 32.2. The SMILES string of the molecule is NC1=NN(N)NC(Nc2ccc(C=Cc3ccc(NC4=CC(N)=NN(N)N4)cc3S(=O)(=O)O)c(S(=O)(=O)O)c2)=C1. The molecular weight excluding hydrogens is 568 g/mol. The van der Waals surface area contributed by atoms with Gasteiger partial charge in [0.15, 0.2) is 11.7 Å². The number of hydrogen-bond donors (Lipinski definition) is 10. The number of rotatable bonds is 8. The number of nitrogens with zero attached hydrogens (tertiary/aromatic N) is 4. The third-order valence-corrected chi connectivity index (χ3v) is 6.90. The van der Waals surface area contributed by atoms with E-state index in [9.17, 15) is 25.9 Å². The van der Waals surface area contributed by atoms with Crippen molar-refractivity contribution in [2.75, 3.05) is 10.6 Å². The van der Waals surface area contributed by atoms with Crippen molar-refractivity contribution in [2.45, 2.75) is 9.79 Å². The molecule has 2 aliphatic heterocycles. The first kappa shape index (κ1) is 28.2. The molecule has 4 rings (SSSR count). The summed E-state index contributed by atoms with van der Waals surface area (Å²) in [6.45, 7) is 0. The van der Waals surface area contributed by atoms with Crippen LogP contribution in [0.5, 0.6) is 0 Å². The second-order valence-electron chi connectivity index (χ2n) is 8.12. The molecule has 0 unspecified atom stereocenters. The van der Waals surface area contributed by atoms with Crippen molar-refractivity contribution in [3.8, 4) is 0 Å². The number of anilines is 2. The largest absolute Gasteiger partial charge is 0.382 e. The van der Waals surface area contributed by atoms with Crippen LogP contribution in [0.25, 0.3) is 12.2 Å². The van der Waals surface area contributed by atoms with Crippen molar-refractivity contribution in [2.24, 2.45) is 33.4 Å². The van der Waals surface area contributed by atoms with Crippen molar-refractivity contribution < 1.29 is 25.9 Å². The first-order chi connectivity index (χ1) is 18.7. The summed E-state index contributed by atoms with van der Waals surface area (Å²) in [7, 11) is -9.47. The molecule has 0 radical (unpaired) electrons. The van der Waals surface area contributed by atoms with Gasteiger partial charge in [-0.3, -0.25) is 20.0 Å². The van der Waals surface area contributed by atoms with E-state index in [0.717, 1.165) is 22.6 Å². The Balaban J connectivity index is 1.65. The molecule has 0 amide bonds. The van der Waals surface area contributed by atoms with E-state index < -0.39 is 30.0 Å². The first-order valence-electron chi connectivity index (χ1n) is 10.9. The lowest BCUT2D eigenvalue weighted by atomic mass is 10.1. The van der Waals surface area contributed by atoms with Crippen LogP contribution in [-0.2, 0) is 20.2 Å². The Labute approximate surface area is 227 Å². The summed E-state index contributed by atoms with van der Waals surface area (Å²) < 4.78 is 68.2. The Kier molecular flexibility index (Phi) is 7.55. The predicted molar refractivity (Wildman–Crippen MR) is 146 cm³/mol. The zero-order valence-electron chi connectivity index (χ0n) is 20.2. The molecule has 0 saturated carbocycles. The maximum absolute atomic E-state index is 12.1. The molecule has 0 atom stereocenters. The van der Waals surface area contributed by atoms with Crippen molar-refractivity contribution in [3.63, 3.8) is 0 Å². The van der Waals surface area contributed by atoms with E-state index in [-0.39, 0.29) is 45.8 Å². The number of benzene rings is 2. The normalized spacial score (nSPS) is 15.9. The van der Waals surface area contributed by atoms with Gasteiger partial charge >= 0.3 is 0 Å². The summed E-state index contributed by atoms with van der Waals surface area (Å²) in [6.07, 6.45) is 5.30. The fourth-order valence-corrected chi connectivity index (χ4v) is 4.95. The summed E-state index contributed by atoms with van der Waals surface area (Å²) in [5.41, 5.74) is 17.0. The average Bonchev–Trinajstić information content (AvgIpc) is 2.81. The lowest BCUT2D eigenvalue weighted by molar-refractivity contribution is 0.226. The number of nitrogens with two attached hydrogens (primary N) is 4. The fraction of sp³-hybridized carbons (Fsp3) is 0. The van der Waals surface area contributed by atoms with Crippen LogP contribution >= 0.6 is 0 Å². The van der Waals surface area contributed by atoms with Gasteiger partial charge in [0.2, 0.25) is 0 Å². The highest BCUT2D eigenvalue weighted by molar-refractivity contribution is 7.86. The number of nitrogens with one attached hydrogen (secondary N) is 4. The van der Waals surface area contributed by atoms with Gasteiger partial charge in [-0.2, -0.15) is 16.8 Å². The van der Waals surface area contributed by atoms with E-state index in [4.69, 9.17) is 23.2 Å². The lowest BCUT2D eigenvalue weighted by Gasteiger charge is -2.23. The van der Waals surface area contributed by atoms with Crippen molar-refractivity contribution in [1.82, 2.24) is 21.3 Å². The second kappa shape index (κ2) is 10.7. The fourth-order valence-electron chi connectivity index (χ4n) is 3.53. The number of hydrogen-bond acceptors (Lipinski definition) is 16. The molecule has 18 nitrogen and oxygen atoms in total. The van der Waals surface area contributed by atoms with E-state index in [1.165, 1.54) is 48.6 Å². The van der Waals surface area contributed by atoms with Gasteiger partial charge in [0, 0.05) is 23.5 Å². The molecule has 14 N–H and O–H groups in total. The highest BCUT2D eigenvalue weighted by Crippen LogP contribution is 2.27. The Morgan fingerprint density at radius 2 is 1.10 bits per heavy atom. The minimum Gasteiger partial charge on any atom is -0.382 e. The lowest BCUT2D eigenvalue weighted by Crippen LogP contribution is -2.45. The molecule has 2 heterocycles. The van der Waals surface area contributed by atoms with E-state index >= 15 is 0 Å². The monoisotopic (exact) mass is 592 g/mol. The van der Waals surface area contributed by atoms with Crippen LogP contribution in [-0.4, -0.2) is 48.1 Å². The molecule has 0 bridgehead atoms. The average molecular weight is 593 g/mol. The van der Waals surface area contributed by atoms with Gasteiger partial charge in [0.05, 0.1) is 0 Å². The predicted octanol–water partition coefficient (Wildman–Crippen LogP) is -1.21. The molecule has 2 aromatic rings. The number of hydrazone groups is 2. The van der Waals surface area contributed by atoms with Crippen LogP contribution in [0, 0.1) is 0 Å². The molecule has 0 spiro atoms. The van der Waals surface area contributed by atoms with Crippen LogP contribution in [0.3, 0.4) is 0 Å². The Hall–Kier alpha value is -4.86. The minimum absolute atomic E-state index is 0.0120. The third kappa shape index (κ3) is 6.96. The smallest absolute Gasteiger partial charge is 0.295 e. The van der Waals surface area contributed by atoms with Gasteiger partial charge in [-0.1, -0.05) is 24.3 Å². The standard InChI is InChI=1S/C20H24N12O6S2/c21-17-9-19(29-31(23)27-17)25-13-5-3-11(15(7-13)39(33,34)35)1-2-12-4-6-14(8-16(12)40(36,37)38)26-20-10-18(22)28-32(24)30-20/h1-10,25-26,29-30H,23-24H2,(H2,21,27)(H2,22,28)(H,33,34,35)(H,36,37,38). The van der Waals surface area contributed by atoms with Gasteiger partial charge in [-0.25, -0.2) is 11.7 Å². The highest BCUT2D eigenvalue weighted by Gasteiger charge is 2.19. The molecule has 2 aromatic carbocycles. The summed E-state index contributed by atoms with van der Waals surface area (Å²) in [6, 6.07) is 7.96. The summed E-state index contributed by atoms with van der Waals surface area (Å²) >= 11 is 0. The molecule has 2 aliphatic rings. The molecule has 20 heteroatoms. The molecule has 212 valence electrons. The number of amidine groups is 2. The molecule has 0 aromatic heterocycles. The minimum atomic E-state index is -4.73. The van der Waals surface area contributed by atoms with E-state index in [1.54, 1.807) is 0 Å². The molecule has 40 heavy (non-hydrogen) atoms. The molecule has 0 fully saturated rings. The molecular formula is C20H24N12O6S2. The third-order valence-electron chi connectivity index (χ3n) is 5.08. The van der Waals surface area contributed by atoms with E-state index in [1.807, 2.05) is 0 Å². The zero-order valence-corrected chi connectivity index (χ0v) is 21.8. The van der Waals surface area contributed by atoms with Crippen LogP contribution < -0.4 is 44.6 Å². The number of hydrazine groups is 4. The topological polar surface area (TPSA) is 292 Å². The molecule has 0 aliphatic carbocycles. The zero-order chi connectivity index (χ0) is 29.2. The van der Waals surface area contributed by atoms with Crippen molar-refractivity contribution in [1.29, 1.82) is 0 Å². The van der Waals surface area contributed by atoms with E-state index in [0.29, 0.717) is 0 Å². The van der Waals surface area contributed by atoms with E-state index in [2.05, 4.69) is 31.7 Å². The van der Waals surface area contributed by atoms with Gasteiger partial charge in [-0.15, -0.1) is 20.7 Å². The van der Waals surface area contributed by atoms with Crippen LogP contribution in [0.15, 0.2) is 80.2 Å². The van der Waals surface area contributed by atoms with Crippen LogP contribution in [0.1, 0.15) is 11.1 Å². The maximum atomic E-state index is 12.1. The first-order valence-corrected chi connectivity index (χ1v) is 13.7. The Bertz CT molecular complexity index is 1590. The van der Waals surface area contributed by atoms with Gasteiger partial charge in [0.1, 0.15) is 21.4 Å². The Morgan fingerprint density at radius 1 is 0.725 bits per heavy atom. The van der Waals surface area contributed by atoms with Crippen molar-refractivity contribution in [3.05, 3.63) is 71.3 Å². The quantitative estimate of drug-likeness (QED) is 0.0976.